The van der Waals surface area contributed by atoms with Crippen LogP contribution in [-0.4, -0.2) is 43.0 Å². The fraction of sp³-hybridized carbons (Fsp3) is 0.412. The first kappa shape index (κ1) is 16.9. The molecular weight excluding hydrogens is 290 g/mol. The Bertz CT molecular complexity index is 618. The van der Waals surface area contributed by atoms with E-state index in [1.165, 1.54) is 11.1 Å². The maximum atomic E-state index is 5.16. The van der Waals surface area contributed by atoms with Crippen molar-refractivity contribution in [3.63, 3.8) is 0 Å². The number of ether oxygens (including phenoxy) is 1. The van der Waals surface area contributed by atoms with Crippen LogP contribution in [0.15, 0.2) is 41.7 Å². The molecule has 0 saturated carbocycles. The summed E-state index contributed by atoms with van der Waals surface area (Å²) in [4.78, 5) is 4.23. The number of aryl methyl sites for hydroxylation is 1. The fourth-order valence-electron chi connectivity index (χ4n) is 2.22. The molecule has 1 heterocycles. The molecule has 0 spiro atoms. The van der Waals surface area contributed by atoms with Crippen molar-refractivity contribution in [2.45, 2.75) is 19.9 Å². The predicted molar refractivity (Wildman–Crippen MR) is 93.0 cm³/mol. The zero-order valence-corrected chi connectivity index (χ0v) is 14.0. The zero-order valence-electron chi connectivity index (χ0n) is 14.0. The Morgan fingerprint density at radius 2 is 1.96 bits per heavy atom. The Hall–Kier alpha value is -2.50. The van der Waals surface area contributed by atoms with Crippen LogP contribution < -0.4 is 15.4 Å². The SMILES string of the molecule is CN=C(NCCc1ccc(OC)cc1)NCCn1cc(C)cn1. The van der Waals surface area contributed by atoms with Crippen LogP contribution in [0.4, 0.5) is 0 Å². The second kappa shape index (κ2) is 8.82. The number of guanidine groups is 1. The number of aliphatic imine (C=N–C) groups is 1. The van der Waals surface area contributed by atoms with Gasteiger partial charge in [0, 0.05) is 26.3 Å². The van der Waals surface area contributed by atoms with Gasteiger partial charge in [0.05, 0.1) is 19.9 Å². The maximum Gasteiger partial charge on any atom is 0.191 e. The van der Waals surface area contributed by atoms with Gasteiger partial charge in [0.1, 0.15) is 5.75 Å². The van der Waals surface area contributed by atoms with Crippen LogP contribution in [0, 0.1) is 6.92 Å². The Labute approximate surface area is 137 Å². The summed E-state index contributed by atoms with van der Waals surface area (Å²) in [6, 6.07) is 8.12. The number of methoxy groups -OCH3 is 1. The van der Waals surface area contributed by atoms with E-state index in [0.717, 1.165) is 37.8 Å². The van der Waals surface area contributed by atoms with Crippen LogP contribution in [-0.2, 0) is 13.0 Å². The highest BCUT2D eigenvalue weighted by Crippen LogP contribution is 2.11. The quantitative estimate of drug-likeness (QED) is 0.602. The first-order valence-electron chi connectivity index (χ1n) is 7.78. The van der Waals surface area contributed by atoms with Crippen molar-refractivity contribution in [2.75, 3.05) is 27.2 Å². The number of hydrogen-bond donors (Lipinski definition) is 2. The van der Waals surface area contributed by atoms with Crippen LogP contribution in [0.25, 0.3) is 0 Å². The van der Waals surface area contributed by atoms with Gasteiger partial charge in [0.25, 0.3) is 0 Å². The number of aromatic nitrogens is 2. The van der Waals surface area contributed by atoms with E-state index < -0.39 is 0 Å². The molecule has 0 aliphatic carbocycles. The number of hydrogen-bond acceptors (Lipinski definition) is 3. The average Bonchev–Trinajstić information content (AvgIpc) is 2.99. The summed E-state index contributed by atoms with van der Waals surface area (Å²) in [5, 5.41) is 10.9. The van der Waals surface area contributed by atoms with Crippen LogP contribution in [0.1, 0.15) is 11.1 Å². The van der Waals surface area contributed by atoms with Gasteiger partial charge >= 0.3 is 0 Å². The fourth-order valence-corrected chi connectivity index (χ4v) is 2.22. The van der Waals surface area contributed by atoms with Crippen LogP contribution in [0.2, 0.25) is 0 Å². The van der Waals surface area contributed by atoms with Gasteiger partial charge in [-0.3, -0.25) is 9.67 Å². The topological polar surface area (TPSA) is 63.5 Å². The van der Waals surface area contributed by atoms with Crippen molar-refractivity contribution in [1.29, 1.82) is 0 Å². The van der Waals surface area contributed by atoms with Crippen molar-refractivity contribution in [3.05, 3.63) is 47.8 Å². The summed E-state index contributed by atoms with van der Waals surface area (Å²) in [7, 11) is 3.46. The Kier molecular flexibility index (Phi) is 6.47. The molecule has 0 aliphatic heterocycles. The van der Waals surface area contributed by atoms with Gasteiger partial charge in [0.2, 0.25) is 0 Å². The molecule has 6 nitrogen and oxygen atoms in total. The van der Waals surface area contributed by atoms with Crippen LogP contribution in [0.3, 0.4) is 0 Å². The highest BCUT2D eigenvalue weighted by atomic mass is 16.5. The highest BCUT2D eigenvalue weighted by Gasteiger charge is 1.99. The second-order valence-electron chi connectivity index (χ2n) is 5.30. The highest BCUT2D eigenvalue weighted by molar-refractivity contribution is 5.79. The van der Waals surface area contributed by atoms with E-state index in [1.54, 1.807) is 14.2 Å². The minimum absolute atomic E-state index is 0.781. The molecule has 0 amide bonds. The lowest BCUT2D eigenvalue weighted by atomic mass is 10.1. The molecule has 6 heteroatoms. The minimum atomic E-state index is 0.781. The number of benzene rings is 1. The van der Waals surface area contributed by atoms with Crippen molar-refractivity contribution >= 4 is 5.96 Å². The van der Waals surface area contributed by atoms with Crippen molar-refractivity contribution in [3.8, 4) is 5.75 Å². The van der Waals surface area contributed by atoms with Crippen LogP contribution in [0.5, 0.6) is 5.75 Å². The maximum absolute atomic E-state index is 5.16. The molecule has 0 bridgehead atoms. The van der Waals surface area contributed by atoms with Crippen molar-refractivity contribution in [1.82, 2.24) is 20.4 Å². The minimum Gasteiger partial charge on any atom is -0.497 e. The van der Waals surface area contributed by atoms with E-state index in [2.05, 4.69) is 32.9 Å². The van der Waals surface area contributed by atoms with E-state index in [4.69, 9.17) is 4.74 Å². The first-order chi connectivity index (χ1) is 11.2. The molecule has 2 N–H and O–H groups in total. The van der Waals surface area contributed by atoms with Gasteiger partial charge in [-0.1, -0.05) is 12.1 Å². The smallest absolute Gasteiger partial charge is 0.191 e. The molecule has 0 aliphatic rings. The number of nitrogens with zero attached hydrogens (tertiary/aromatic N) is 3. The first-order valence-corrected chi connectivity index (χ1v) is 7.78. The third kappa shape index (κ3) is 5.65. The number of nitrogens with one attached hydrogen (secondary N) is 2. The van der Waals surface area contributed by atoms with E-state index >= 15 is 0 Å². The molecule has 2 rings (SSSR count). The largest absolute Gasteiger partial charge is 0.497 e. The Balaban J connectivity index is 1.68. The molecule has 2 aromatic rings. The molecule has 1 aromatic heterocycles. The van der Waals surface area contributed by atoms with Gasteiger partial charge in [-0.05, 0) is 36.6 Å². The molecule has 0 saturated heterocycles. The molecule has 0 fully saturated rings. The summed E-state index contributed by atoms with van der Waals surface area (Å²) in [6.07, 6.45) is 4.83. The average molecular weight is 315 g/mol. The molecule has 124 valence electrons. The summed E-state index contributed by atoms with van der Waals surface area (Å²) in [5.74, 6) is 1.69. The van der Waals surface area contributed by atoms with Gasteiger partial charge in [-0.25, -0.2) is 0 Å². The third-order valence-electron chi connectivity index (χ3n) is 3.48. The van der Waals surface area contributed by atoms with Gasteiger partial charge in [0.15, 0.2) is 5.96 Å². The lowest BCUT2D eigenvalue weighted by Crippen LogP contribution is -2.39. The Morgan fingerprint density at radius 1 is 1.22 bits per heavy atom. The Morgan fingerprint density at radius 3 is 2.57 bits per heavy atom. The third-order valence-corrected chi connectivity index (χ3v) is 3.48. The standard InChI is InChI=1S/C17H25N5O/c1-14-12-21-22(13-14)11-10-20-17(18-2)19-9-8-15-4-6-16(23-3)7-5-15/h4-7,12-13H,8-11H2,1-3H3,(H2,18,19,20). The molecule has 0 radical (unpaired) electrons. The molecule has 0 unspecified atom stereocenters. The van der Waals surface area contributed by atoms with E-state index in [0.29, 0.717) is 0 Å². The molecular formula is C17H25N5O. The summed E-state index contributed by atoms with van der Waals surface area (Å²) >= 11 is 0. The van der Waals surface area contributed by atoms with E-state index in [9.17, 15) is 0 Å². The van der Waals surface area contributed by atoms with Gasteiger partial charge in [-0.2, -0.15) is 5.10 Å². The van der Waals surface area contributed by atoms with E-state index in [-0.39, 0.29) is 0 Å². The predicted octanol–water partition coefficient (Wildman–Crippen LogP) is 1.61. The van der Waals surface area contributed by atoms with E-state index in [1.807, 2.05) is 36.1 Å². The zero-order chi connectivity index (χ0) is 16.5. The van der Waals surface area contributed by atoms with Crippen molar-refractivity contribution in [2.24, 2.45) is 4.99 Å². The van der Waals surface area contributed by atoms with Gasteiger partial charge < -0.3 is 15.4 Å². The monoisotopic (exact) mass is 315 g/mol. The summed E-state index contributed by atoms with van der Waals surface area (Å²) < 4.78 is 7.08. The molecule has 1 aromatic carbocycles. The molecule has 0 atom stereocenters. The van der Waals surface area contributed by atoms with Gasteiger partial charge in [-0.15, -0.1) is 0 Å². The van der Waals surface area contributed by atoms with Crippen molar-refractivity contribution < 1.29 is 4.74 Å². The normalized spacial score (nSPS) is 11.3. The molecule has 23 heavy (non-hydrogen) atoms. The number of rotatable bonds is 7. The summed E-state index contributed by atoms with van der Waals surface area (Å²) in [6.45, 7) is 4.46. The lowest BCUT2D eigenvalue weighted by molar-refractivity contribution is 0.414. The van der Waals surface area contributed by atoms with Crippen LogP contribution >= 0.6 is 0 Å². The second-order valence-corrected chi connectivity index (χ2v) is 5.30. The lowest BCUT2D eigenvalue weighted by Gasteiger charge is -2.12. The summed E-state index contributed by atoms with van der Waals surface area (Å²) in [5.41, 5.74) is 2.44.